The van der Waals surface area contributed by atoms with Crippen molar-refractivity contribution in [1.82, 2.24) is 15.0 Å². The third-order valence-electron chi connectivity index (χ3n) is 3.73. The van der Waals surface area contributed by atoms with E-state index in [2.05, 4.69) is 15.0 Å². The number of carboxylic acid groups (broad SMARTS) is 1. The first-order valence-corrected chi connectivity index (χ1v) is 7.67. The Balaban J connectivity index is 2.00. The molecule has 5 heteroatoms. The topological polar surface area (TPSA) is 76.0 Å². The minimum absolute atomic E-state index is 0.00507. The average molecular weight is 319 g/mol. The molecule has 24 heavy (non-hydrogen) atoms. The van der Waals surface area contributed by atoms with Gasteiger partial charge in [0.05, 0.1) is 11.3 Å². The molecule has 0 aliphatic rings. The lowest BCUT2D eigenvalue weighted by Gasteiger charge is -2.08. The van der Waals surface area contributed by atoms with E-state index in [0.717, 1.165) is 16.3 Å². The molecule has 3 rings (SSSR count). The van der Waals surface area contributed by atoms with Crippen molar-refractivity contribution in [2.24, 2.45) is 0 Å². The molecule has 3 aromatic rings. The monoisotopic (exact) mass is 319 g/mol. The van der Waals surface area contributed by atoms with Crippen molar-refractivity contribution in [3.8, 4) is 0 Å². The lowest BCUT2D eigenvalue weighted by Crippen LogP contribution is -2.08. The van der Waals surface area contributed by atoms with Crippen molar-refractivity contribution < 1.29 is 9.90 Å². The van der Waals surface area contributed by atoms with Gasteiger partial charge in [0.1, 0.15) is 0 Å². The molecule has 1 N–H and O–H groups in total. The van der Waals surface area contributed by atoms with Gasteiger partial charge in [-0.15, -0.1) is 0 Å². The molecule has 2 aromatic heterocycles. The van der Waals surface area contributed by atoms with Crippen LogP contribution in [0.15, 0.2) is 42.9 Å². The molecule has 5 nitrogen and oxygen atoms in total. The number of fused-ring (bicyclic) bond motifs is 1. The van der Waals surface area contributed by atoms with Gasteiger partial charge in [-0.2, -0.15) is 0 Å². The minimum Gasteiger partial charge on any atom is -0.478 e. The largest absolute Gasteiger partial charge is 0.478 e. The Morgan fingerprint density at radius 2 is 1.92 bits per heavy atom. The predicted octanol–water partition coefficient (Wildman–Crippen LogP) is 4.02. The summed E-state index contributed by atoms with van der Waals surface area (Å²) < 4.78 is 0. The van der Waals surface area contributed by atoms with Gasteiger partial charge in [0.15, 0.2) is 5.82 Å². The van der Waals surface area contributed by atoms with Crippen LogP contribution in [0.2, 0.25) is 0 Å². The molecule has 0 atom stereocenters. The van der Waals surface area contributed by atoms with Crippen molar-refractivity contribution in [2.75, 3.05) is 0 Å². The van der Waals surface area contributed by atoms with Crippen molar-refractivity contribution in [3.05, 3.63) is 65.5 Å². The smallest absolute Gasteiger partial charge is 0.339 e. The molecule has 0 saturated heterocycles. The molecule has 2 heterocycles. The van der Waals surface area contributed by atoms with Crippen LogP contribution in [0.4, 0.5) is 0 Å². The van der Waals surface area contributed by atoms with Gasteiger partial charge in [-0.05, 0) is 23.5 Å². The summed E-state index contributed by atoms with van der Waals surface area (Å²) in [6, 6.07) is 7.99. The average Bonchev–Trinajstić information content (AvgIpc) is 2.59. The van der Waals surface area contributed by atoms with Crippen molar-refractivity contribution >= 4 is 28.9 Å². The van der Waals surface area contributed by atoms with Gasteiger partial charge >= 0.3 is 5.97 Å². The van der Waals surface area contributed by atoms with Crippen LogP contribution in [0.5, 0.6) is 0 Å². The summed E-state index contributed by atoms with van der Waals surface area (Å²) in [7, 11) is 0. The normalized spacial score (nSPS) is 11.5. The number of carbonyl (C=O) groups is 1. The first-order valence-electron chi connectivity index (χ1n) is 7.67. The Morgan fingerprint density at radius 3 is 2.67 bits per heavy atom. The summed E-state index contributed by atoms with van der Waals surface area (Å²) in [6.07, 6.45) is 8.65. The second-order valence-corrected chi connectivity index (χ2v) is 5.77. The molecular formula is C19H17N3O2. The molecule has 0 aliphatic heterocycles. The third-order valence-corrected chi connectivity index (χ3v) is 3.73. The van der Waals surface area contributed by atoms with Crippen molar-refractivity contribution in [2.45, 2.75) is 19.8 Å². The maximum absolute atomic E-state index is 11.3. The third kappa shape index (κ3) is 3.15. The van der Waals surface area contributed by atoms with E-state index in [1.54, 1.807) is 12.3 Å². The Labute approximate surface area is 139 Å². The van der Waals surface area contributed by atoms with E-state index < -0.39 is 5.97 Å². The standard InChI is InChI=1S/C19H17N3O2/c1-12(2)18-16(19(23)24)11-21-17(22-18)8-7-14-10-20-9-13-5-3-4-6-15(13)14/h3-12H,1-2H3,(H,23,24)/b8-7+. The summed E-state index contributed by atoms with van der Waals surface area (Å²) in [4.78, 5) is 24.0. The van der Waals surface area contributed by atoms with Gasteiger partial charge in [0.25, 0.3) is 0 Å². The number of nitrogens with zero attached hydrogens (tertiary/aromatic N) is 3. The molecule has 0 radical (unpaired) electrons. The number of hydrogen-bond acceptors (Lipinski definition) is 4. The van der Waals surface area contributed by atoms with E-state index in [4.69, 9.17) is 0 Å². The zero-order valence-corrected chi connectivity index (χ0v) is 13.5. The summed E-state index contributed by atoms with van der Waals surface area (Å²) in [5.41, 5.74) is 1.65. The van der Waals surface area contributed by atoms with Gasteiger partial charge in [-0.3, -0.25) is 4.98 Å². The maximum atomic E-state index is 11.3. The summed E-state index contributed by atoms with van der Waals surface area (Å²) >= 11 is 0. The van der Waals surface area contributed by atoms with Crippen molar-refractivity contribution in [3.63, 3.8) is 0 Å². The summed E-state index contributed by atoms with van der Waals surface area (Å²) in [6.45, 7) is 3.83. The van der Waals surface area contributed by atoms with Crippen LogP contribution in [0.3, 0.4) is 0 Å². The van der Waals surface area contributed by atoms with Crippen LogP contribution < -0.4 is 0 Å². The second kappa shape index (κ2) is 6.58. The first-order chi connectivity index (χ1) is 11.6. The summed E-state index contributed by atoms with van der Waals surface area (Å²) in [5, 5.41) is 11.4. The molecular weight excluding hydrogens is 302 g/mol. The lowest BCUT2D eigenvalue weighted by atomic mass is 10.1. The lowest BCUT2D eigenvalue weighted by molar-refractivity contribution is 0.0694. The zero-order valence-electron chi connectivity index (χ0n) is 13.5. The molecule has 0 spiro atoms. The van der Waals surface area contributed by atoms with E-state index in [0.29, 0.717) is 11.5 Å². The molecule has 120 valence electrons. The predicted molar refractivity (Wildman–Crippen MR) is 93.8 cm³/mol. The number of pyridine rings is 1. The van der Waals surface area contributed by atoms with Crippen LogP contribution in [0.1, 0.15) is 47.2 Å². The van der Waals surface area contributed by atoms with Gasteiger partial charge in [0, 0.05) is 29.5 Å². The maximum Gasteiger partial charge on any atom is 0.339 e. The van der Waals surface area contributed by atoms with Gasteiger partial charge in [0.2, 0.25) is 0 Å². The Bertz CT molecular complexity index is 928. The highest BCUT2D eigenvalue weighted by Gasteiger charge is 2.15. The van der Waals surface area contributed by atoms with Gasteiger partial charge in [-0.25, -0.2) is 14.8 Å². The number of carboxylic acids is 1. The van der Waals surface area contributed by atoms with E-state index in [1.165, 1.54) is 6.20 Å². The first kappa shape index (κ1) is 15.8. The fourth-order valence-corrected chi connectivity index (χ4v) is 2.53. The zero-order chi connectivity index (χ0) is 17.1. The number of benzene rings is 1. The molecule has 0 fully saturated rings. The molecule has 0 saturated carbocycles. The fraction of sp³-hybridized carbons (Fsp3) is 0.158. The van der Waals surface area contributed by atoms with Crippen molar-refractivity contribution in [1.29, 1.82) is 0 Å². The molecule has 0 amide bonds. The SMILES string of the molecule is CC(C)c1nc(/C=C/c2cncc3ccccc23)ncc1C(=O)O. The van der Waals surface area contributed by atoms with E-state index in [9.17, 15) is 9.90 Å². The molecule has 1 aromatic carbocycles. The van der Waals surface area contributed by atoms with E-state index in [-0.39, 0.29) is 11.5 Å². The molecule has 0 bridgehead atoms. The second-order valence-electron chi connectivity index (χ2n) is 5.77. The number of aromatic nitrogens is 3. The van der Waals surface area contributed by atoms with Crippen LogP contribution in [0, 0.1) is 0 Å². The highest BCUT2D eigenvalue weighted by atomic mass is 16.4. The Morgan fingerprint density at radius 1 is 1.12 bits per heavy atom. The highest BCUT2D eigenvalue weighted by molar-refractivity contribution is 5.92. The highest BCUT2D eigenvalue weighted by Crippen LogP contribution is 2.20. The van der Waals surface area contributed by atoms with Crippen LogP contribution in [-0.2, 0) is 0 Å². The van der Waals surface area contributed by atoms with Crippen LogP contribution >= 0.6 is 0 Å². The summed E-state index contributed by atoms with van der Waals surface area (Å²) in [5.74, 6) is -0.519. The van der Waals surface area contributed by atoms with Crippen LogP contribution in [0.25, 0.3) is 22.9 Å². The Hall–Kier alpha value is -3.08. The van der Waals surface area contributed by atoms with Gasteiger partial charge in [-0.1, -0.05) is 38.1 Å². The molecule has 0 aliphatic carbocycles. The quantitative estimate of drug-likeness (QED) is 0.786. The van der Waals surface area contributed by atoms with E-state index in [1.807, 2.05) is 50.4 Å². The van der Waals surface area contributed by atoms with E-state index >= 15 is 0 Å². The molecule has 0 unspecified atom stereocenters. The van der Waals surface area contributed by atoms with Gasteiger partial charge < -0.3 is 5.11 Å². The minimum atomic E-state index is -1.01. The number of aromatic carboxylic acids is 1. The Kier molecular flexibility index (Phi) is 4.33. The fourth-order valence-electron chi connectivity index (χ4n) is 2.53. The number of hydrogen-bond donors (Lipinski definition) is 1. The number of rotatable bonds is 4. The van der Waals surface area contributed by atoms with Crippen LogP contribution in [-0.4, -0.2) is 26.0 Å².